The predicted molar refractivity (Wildman–Crippen MR) is 55.5 cm³/mol. The lowest BCUT2D eigenvalue weighted by Crippen LogP contribution is -1.78. The lowest BCUT2D eigenvalue weighted by Gasteiger charge is -1.97. The average molecular weight is 215 g/mol. The molecule has 0 N–H and O–H groups in total. The third kappa shape index (κ3) is 1.54. The maximum Gasteiger partial charge on any atom is 0.138 e. The highest BCUT2D eigenvalue weighted by molar-refractivity contribution is 6.31. The maximum absolute atomic E-state index is 5.91. The van der Waals surface area contributed by atoms with E-state index in [1.807, 2.05) is 25.1 Å². The first-order valence-corrected chi connectivity index (χ1v) is 4.86. The Morgan fingerprint density at radius 1 is 1.31 bits per heavy atom. The van der Waals surface area contributed by atoms with Gasteiger partial charge in [-0.3, -0.25) is 0 Å². The highest BCUT2D eigenvalue weighted by Crippen LogP contribution is 2.27. The molecule has 1 heterocycles. The van der Waals surface area contributed by atoms with Crippen molar-refractivity contribution in [2.45, 2.75) is 12.8 Å². The molecule has 1 aromatic heterocycles. The lowest BCUT2D eigenvalue weighted by molar-refractivity contribution is 0.576. The largest absolute Gasteiger partial charge is 0.461 e. The minimum atomic E-state index is 0.421. The Kier molecular flexibility index (Phi) is 2.22. The molecule has 1 aromatic carbocycles. The smallest absolute Gasteiger partial charge is 0.138 e. The first-order valence-electron chi connectivity index (χ1n) is 3.95. The minimum absolute atomic E-state index is 0.421. The molecular formula is C10H8Cl2O. The topological polar surface area (TPSA) is 13.1 Å². The maximum atomic E-state index is 5.91. The van der Waals surface area contributed by atoms with Gasteiger partial charge in [-0.25, -0.2) is 0 Å². The zero-order valence-corrected chi connectivity index (χ0v) is 8.62. The molecule has 3 heteroatoms. The Morgan fingerprint density at radius 3 is 2.77 bits per heavy atom. The summed E-state index contributed by atoms with van der Waals surface area (Å²) in [6, 6.07) is 5.67. The Balaban J connectivity index is 2.80. The molecule has 0 unspecified atom stereocenters. The Bertz CT molecular complexity index is 445. The average Bonchev–Trinajstić information content (AvgIpc) is 2.43. The van der Waals surface area contributed by atoms with Crippen LogP contribution in [0.15, 0.2) is 22.6 Å². The lowest BCUT2D eigenvalue weighted by atomic mass is 10.2. The van der Waals surface area contributed by atoms with Gasteiger partial charge < -0.3 is 4.42 Å². The number of benzene rings is 1. The van der Waals surface area contributed by atoms with Gasteiger partial charge in [-0.05, 0) is 25.1 Å². The molecule has 0 amide bonds. The quantitative estimate of drug-likeness (QED) is 0.651. The number of halogens is 2. The number of alkyl halides is 1. The van der Waals surface area contributed by atoms with Crippen molar-refractivity contribution in [3.8, 4) is 0 Å². The van der Waals surface area contributed by atoms with E-state index in [-0.39, 0.29) is 0 Å². The summed E-state index contributed by atoms with van der Waals surface area (Å²) in [4.78, 5) is 0. The molecule has 13 heavy (non-hydrogen) atoms. The van der Waals surface area contributed by atoms with Crippen LogP contribution in [0, 0.1) is 6.92 Å². The molecule has 0 radical (unpaired) electrons. The van der Waals surface area contributed by atoms with Crippen molar-refractivity contribution in [2.75, 3.05) is 0 Å². The highest BCUT2D eigenvalue weighted by Gasteiger charge is 2.06. The summed E-state index contributed by atoms with van der Waals surface area (Å²) in [7, 11) is 0. The summed E-state index contributed by atoms with van der Waals surface area (Å²) in [5, 5.41) is 1.71. The molecule has 2 rings (SSSR count). The fourth-order valence-electron chi connectivity index (χ4n) is 1.41. The van der Waals surface area contributed by atoms with Crippen LogP contribution in [-0.4, -0.2) is 0 Å². The third-order valence-electron chi connectivity index (χ3n) is 1.93. The first kappa shape index (κ1) is 8.92. The van der Waals surface area contributed by atoms with E-state index < -0.39 is 0 Å². The number of aryl methyl sites for hydroxylation is 1. The number of rotatable bonds is 1. The van der Waals surface area contributed by atoms with Crippen molar-refractivity contribution in [3.05, 3.63) is 34.5 Å². The van der Waals surface area contributed by atoms with Crippen LogP contribution in [0.25, 0.3) is 11.0 Å². The van der Waals surface area contributed by atoms with E-state index in [1.165, 1.54) is 0 Å². The predicted octanol–water partition coefficient (Wildman–Crippen LogP) is 4.13. The van der Waals surface area contributed by atoms with Gasteiger partial charge in [0.2, 0.25) is 0 Å². The summed E-state index contributed by atoms with van der Waals surface area (Å²) >= 11 is 11.7. The van der Waals surface area contributed by atoms with Crippen LogP contribution in [-0.2, 0) is 5.88 Å². The normalized spacial score (nSPS) is 11.0. The molecule has 0 atom stereocenters. The summed E-state index contributed by atoms with van der Waals surface area (Å²) in [6.07, 6.45) is 0. The summed E-state index contributed by atoms with van der Waals surface area (Å²) in [5.41, 5.74) is 1.79. The van der Waals surface area contributed by atoms with Crippen LogP contribution < -0.4 is 0 Å². The first-order chi connectivity index (χ1) is 6.20. The molecule has 0 aliphatic heterocycles. The molecule has 2 aromatic rings. The number of fused-ring (bicyclic) bond motifs is 1. The van der Waals surface area contributed by atoms with Gasteiger partial charge in [-0.1, -0.05) is 11.6 Å². The highest BCUT2D eigenvalue weighted by atomic mass is 35.5. The fourth-order valence-corrected chi connectivity index (χ4v) is 1.86. The summed E-state index contributed by atoms with van der Waals surface area (Å²) < 4.78 is 5.50. The Hall–Kier alpha value is -0.660. The Morgan fingerprint density at radius 2 is 2.08 bits per heavy atom. The molecule has 1 nitrogen and oxygen atoms in total. The summed E-state index contributed by atoms with van der Waals surface area (Å²) in [5.74, 6) is 1.30. The standard InChI is InChI=1S/C10H8Cl2O/c1-6-2-7-3-9(12)4-8(5-11)10(7)13-6/h2-4H,5H2,1H3. The van der Waals surface area contributed by atoms with Crippen LogP contribution >= 0.6 is 23.2 Å². The van der Waals surface area contributed by atoms with Crippen molar-refractivity contribution in [3.63, 3.8) is 0 Å². The molecule has 0 aliphatic carbocycles. The second-order valence-electron chi connectivity index (χ2n) is 2.97. The van der Waals surface area contributed by atoms with E-state index in [4.69, 9.17) is 27.6 Å². The minimum Gasteiger partial charge on any atom is -0.461 e. The van der Waals surface area contributed by atoms with Gasteiger partial charge in [0.15, 0.2) is 0 Å². The zero-order valence-electron chi connectivity index (χ0n) is 7.10. The molecule has 0 bridgehead atoms. The van der Waals surface area contributed by atoms with E-state index in [9.17, 15) is 0 Å². The fraction of sp³-hybridized carbons (Fsp3) is 0.200. The van der Waals surface area contributed by atoms with Crippen molar-refractivity contribution < 1.29 is 4.42 Å². The third-order valence-corrected chi connectivity index (χ3v) is 2.43. The number of hydrogen-bond donors (Lipinski definition) is 0. The van der Waals surface area contributed by atoms with E-state index in [1.54, 1.807) is 0 Å². The second-order valence-corrected chi connectivity index (χ2v) is 3.68. The van der Waals surface area contributed by atoms with Gasteiger partial charge in [-0.2, -0.15) is 0 Å². The van der Waals surface area contributed by atoms with Crippen LogP contribution in [0.1, 0.15) is 11.3 Å². The van der Waals surface area contributed by atoms with Crippen LogP contribution in [0.4, 0.5) is 0 Å². The van der Waals surface area contributed by atoms with Gasteiger partial charge in [0.05, 0.1) is 5.88 Å². The zero-order chi connectivity index (χ0) is 9.42. The van der Waals surface area contributed by atoms with E-state index in [2.05, 4.69) is 0 Å². The van der Waals surface area contributed by atoms with Gasteiger partial charge in [0.25, 0.3) is 0 Å². The number of furan rings is 1. The van der Waals surface area contributed by atoms with Crippen LogP contribution in [0.5, 0.6) is 0 Å². The van der Waals surface area contributed by atoms with Crippen molar-refractivity contribution in [1.82, 2.24) is 0 Å². The van der Waals surface area contributed by atoms with Gasteiger partial charge in [0, 0.05) is 16.0 Å². The van der Waals surface area contributed by atoms with Crippen molar-refractivity contribution in [1.29, 1.82) is 0 Å². The second kappa shape index (κ2) is 3.24. The molecule has 0 saturated carbocycles. The molecule has 0 saturated heterocycles. The molecule has 0 spiro atoms. The van der Waals surface area contributed by atoms with E-state index in [0.29, 0.717) is 10.9 Å². The van der Waals surface area contributed by atoms with E-state index in [0.717, 1.165) is 22.3 Å². The Labute approximate surface area is 86.2 Å². The van der Waals surface area contributed by atoms with Crippen molar-refractivity contribution in [2.24, 2.45) is 0 Å². The van der Waals surface area contributed by atoms with Crippen molar-refractivity contribution >= 4 is 34.2 Å². The van der Waals surface area contributed by atoms with E-state index >= 15 is 0 Å². The molecular weight excluding hydrogens is 207 g/mol. The van der Waals surface area contributed by atoms with Gasteiger partial charge in [-0.15, -0.1) is 11.6 Å². The summed E-state index contributed by atoms with van der Waals surface area (Å²) in [6.45, 7) is 1.91. The molecule has 0 aliphatic rings. The SMILES string of the molecule is Cc1cc2cc(Cl)cc(CCl)c2o1. The molecule has 0 fully saturated rings. The number of hydrogen-bond acceptors (Lipinski definition) is 1. The molecule has 68 valence electrons. The van der Waals surface area contributed by atoms with Crippen LogP contribution in [0.3, 0.4) is 0 Å². The van der Waals surface area contributed by atoms with Gasteiger partial charge in [0.1, 0.15) is 11.3 Å². The monoisotopic (exact) mass is 214 g/mol. The van der Waals surface area contributed by atoms with Crippen LogP contribution in [0.2, 0.25) is 5.02 Å². The van der Waals surface area contributed by atoms with Gasteiger partial charge >= 0.3 is 0 Å².